The van der Waals surface area contributed by atoms with Crippen molar-refractivity contribution in [1.29, 1.82) is 0 Å². The van der Waals surface area contributed by atoms with Gasteiger partial charge in [-0.3, -0.25) is 0 Å². The van der Waals surface area contributed by atoms with Gasteiger partial charge in [-0.25, -0.2) is 8.78 Å². The molecule has 0 aliphatic carbocycles. The zero-order valence-electron chi connectivity index (χ0n) is 10.4. The topological polar surface area (TPSA) is 12.0 Å². The summed E-state index contributed by atoms with van der Waals surface area (Å²) in [5.74, 6) is -0.814. The van der Waals surface area contributed by atoms with Crippen LogP contribution >= 0.6 is 27.3 Å². The molecular weight excluding hydrogens is 332 g/mol. The lowest BCUT2D eigenvalue weighted by atomic mass is 10.0. The van der Waals surface area contributed by atoms with Crippen molar-refractivity contribution in [1.82, 2.24) is 5.32 Å². The van der Waals surface area contributed by atoms with E-state index in [1.165, 1.54) is 23.5 Å². The van der Waals surface area contributed by atoms with Crippen LogP contribution in [0, 0.1) is 11.6 Å². The molecule has 0 saturated carbocycles. The summed E-state index contributed by atoms with van der Waals surface area (Å²) in [7, 11) is 0. The molecule has 0 fully saturated rings. The van der Waals surface area contributed by atoms with E-state index < -0.39 is 11.6 Å². The van der Waals surface area contributed by atoms with Crippen LogP contribution in [0.2, 0.25) is 0 Å². The molecule has 0 aliphatic heterocycles. The summed E-state index contributed by atoms with van der Waals surface area (Å²) in [5, 5.41) is 5.21. The van der Waals surface area contributed by atoms with Crippen LogP contribution in [0.15, 0.2) is 33.4 Å². The molecule has 1 heterocycles. The quantitative estimate of drug-likeness (QED) is 0.814. The second-order valence-corrected chi connectivity index (χ2v) is 6.53. The van der Waals surface area contributed by atoms with Crippen molar-refractivity contribution >= 4 is 27.3 Å². The number of benzene rings is 1. The fraction of sp³-hybridized carbons (Fsp3) is 0.286. The zero-order valence-corrected chi connectivity index (χ0v) is 12.8. The van der Waals surface area contributed by atoms with E-state index in [1.54, 1.807) is 0 Å². The maximum atomic E-state index is 13.9. The van der Waals surface area contributed by atoms with Crippen LogP contribution in [-0.2, 0) is 0 Å². The summed E-state index contributed by atoms with van der Waals surface area (Å²) in [6.07, 6.45) is 0.929. The van der Waals surface area contributed by atoms with Crippen LogP contribution < -0.4 is 5.32 Å². The highest BCUT2D eigenvalue weighted by Gasteiger charge is 2.19. The molecule has 102 valence electrons. The van der Waals surface area contributed by atoms with Crippen molar-refractivity contribution in [2.75, 3.05) is 6.54 Å². The van der Waals surface area contributed by atoms with Gasteiger partial charge in [0.2, 0.25) is 0 Å². The average molecular weight is 346 g/mol. The first-order valence-electron chi connectivity index (χ1n) is 6.04. The lowest BCUT2D eigenvalue weighted by Gasteiger charge is -2.18. The van der Waals surface area contributed by atoms with E-state index in [-0.39, 0.29) is 6.04 Å². The van der Waals surface area contributed by atoms with Crippen molar-refractivity contribution in [3.63, 3.8) is 0 Å². The van der Waals surface area contributed by atoms with Gasteiger partial charge in [0.25, 0.3) is 0 Å². The van der Waals surface area contributed by atoms with Gasteiger partial charge in [0, 0.05) is 5.56 Å². The molecular formula is C14H14BrF2NS. The van der Waals surface area contributed by atoms with Crippen LogP contribution in [0.3, 0.4) is 0 Å². The number of thiophene rings is 1. The number of nitrogens with one attached hydrogen (secondary N) is 1. The van der Waals surface area contributed by atoms with Crippen LogP contribution in [0.25, 0.3) is 0 Å². The molecule has 2 aromatic rings. The van der Waals surface area contributed by atoms with Crippen molar-refractivity contribution in [3.8, 4) is 0 Å². The van der Waals surface area contributed by atoms with Gasteiger partial charge in [-0.2, -0.15) is 0 Å². The molecule has 1 unspecified atom stereocenters. The molecule has 0 bridgehead atoms. The Labute approximate surface area is 123 Å². The highest BCUT2D eigenvalue weighted by atomic mass is 79.9. The molecule has 0 saturated heterocycles. The molecule has 0 amide bonds. The summed E-state index contributed by atoms with van der Waals surface area (Å²) < 4.78 is 28.2. The SMILES string of the molecule is CCCNC(c1csc(Br)c1)c1cc(F)ccc1F. The predicted octanol–water partition coefficient (Wildman–Crippen LogP) is 4.88. The molecule has 1 N–H and O–H groups in total. The molecule has 1 aromatic carbocycles. The molecule has 0 aliphatic rings. The van der Waals surface area contributed by atoms with E-state index in [4.69, 9.17) is 0 Å². The Hall–Kier alpha value is -0.780. The fourth-order valence-electron chi connectivity index (χ4n) is 1.91. The van der Waals surface area contributed by atoms with Gasteiger partial charge >= 0.3 is 0 Å². The Morgan fingerprint density at radius 1 is 1.32 bits per heavy atom. The Bertz CT molecular complexity index is 556. The average Bonchev–Trinajstić information content (AvgIpc) is 2.80. The van der Waals surface area contributed by atoms with Crippen LogP contribution in [-0.4, -0.2) is 6.54 Å². The van der Waals surface area contributed by atoms with Crippen molar-refractivity contribution in [2.45, 2.75) is 19.4 Å². The predicted molar refractivity (Wildman–Crippen MR) is 78.5 cm³/mol. The third kappa shape index (κ3) is 3.61. The smallest absolute Gasteiger partial charge is 0.128 e. The number of rotatable bonds is 5. The number of hydrogen-bond acceptors (Lipinski definition) is 2. The Morgan fingerprint density at radius 3 is 2.74 bits per heavy atom. The summed E-state index contributed by atoms with van der Waals surface area (Å²) in [5.41, 5.74) is 1.29. The molecule has 5 heteroatoms. The Balaban J connectivity index is 2.39. The normalized spacial score (nSPS) is 12.6. The maximum absolute atomic E-state index is 13.9. The van der Waals surface area contributed by atoms with Crippen molar-refractivity contribution in [2.24, 2.45) is 0 Å². The van der Waals surface area contributed by atoms with Crippen LogP contribution in [0.5, 0.6) is 0 Å². The van der Waals surface area contributed by atoms with Gasteiger partial charge in [-0.05, 0) is 64.1 Å². The maximum Gasteiger partial charge on any atom is 0.128 e. The van der Waals surface area contributed by atoms with Crippen LogP contribution in [0.1, 0.15) is 30.5 Å². The van der Waals surface area contributed by atoms with Gasteiger partial charge in [-0.15, -0.1) is 11.3 Å². The Kier molecular flexibility index (Phi) is 5.07. The highest BCUT2D eigenvalue weighted by Crippen LogP contribution is 2.31. The van der Waals surface area contributed by atoms with E-state index in [0.29, 0.717) is 5.56 Å². The molecule has 0 spiro atoms. The molecule has 1 nitrogen and oxygen atoms in total. The zero-order chi connectivity index (χ0) is 13.8. The van der Waals surface area contributed by atoms with Gasteiger partial charge in [0.1, 0.15) is 11.6 Å². The lowest BCUT2D eigenvalue weighted by Crippen LogP contribution is -2.23. The number of hydrogen-bond donors (Lipinski definition) is 1. The summed E-state index contributed by atoms with van der Waals surface area (Å²) in [6.45, 7) is 2.78. The van der Waals surface area contributed by atoms with Gasteiger partial charge in [0.15, 0.2) is 0 Å². The monoisotopic (exact) mass is 345 g/mol. The van der Waals surface area contributed by atoms with Crippen molar-refractivity contribution < 1.29 is 8.78 Å². The van der Waals surface area contributed by atoms with Gasteiger partial charge in [-0.1, -0.05) is 6.92 Å². The van der Waals surface area contributed by atoms with E-state index >= 15 is 0 Å². The first-order valence-corrected chi connectivity index (χ1v) is 7.71. The summed E-state index contributed by atoms with van der Waals surface area (Å²) in [4.78, 5) is 0. The second kappa shape index (κ2) is 6.59. The minimum absolute atomic E-state index is 0.321. The largest absolute Gasteiger partial charge is 0.306 e. The minimum atomic E-state index is -0.422. The van der Waals surface area contributed by atoms with Crippen LogP contribution in [0.4, 0.5) is 8.78 Å². The van der Waals surface area contributed by atoms with E-state index in [0.717, 1.165) is 28.4 Å². The Morgan fingerprint density at radius 2 is 2.11 bits per heavy atom. The van der Waals surface area contributed by atoms with Gasteiger partial charge in [0.05, 0.1) is 9.83 Å². The molecule has 2 rings (SSSR count). The summed E-state index contributed by atoms with van der Waals surface area (Å²) >= 11 is 4.93. The molecule has 1 aromatic heterocycles. The molecule has 1 atom stereocenters. The fourth-order valence-corrected chi connectivity index (χ4v) is 3.11. The molecule has 19 heavy (non-hydrogen) atoms. The summed E-state index contributed by atoms with van der Waals surface area (Å²) in [6, 6.07) is 5.18. The first kappa shape index (κ1) is 14.6. The van der Waals surface area contributed by atoms with E-state index in [1.807, 2.05) is 18.4 Å². The highest BCUT2D eigenvalue weighted by molar-refractivity contribution is 9.11. The van der Waals surface area contributed by atoms with Crippen molar-refractivity contribution in [3.05, 3.63) is 56.2 Å². The minimum Gasteiger partial charge on any atom is -0.306 e. The number of halogens is 3. The first-order chi connectivity index (χ1) is 9.11. The third-order valence-corrected chi connectivity index (χ3v) is 4.31. The van der Waals surface area contributed by atoms with Gasteiger partial charge < -0.3 is 5.32 Å². The standard InChI is InChI=1S/C14H14BrF2NS/c1-2-5-18-14(9-6-13(15)19-8-9)11-7-10(16)3-4-12(11)17/h3-4,6-8,14,18H,2,5H2,1H3. The third-order valence-electron chi connectivity index (χ3n) is 2.79. The second-order valence-electron chi connectivity index (χ2n) is 4.24. The van der Waals surface area contributed by atoms with E-state index in [9.17, 15) is 8.78 Å². The lowest BCUT2D eigenvalue weighted by molar-refractivity contribution is 0.536. The molecule has 0 radical (unpaired) electrons. The van der Waals surface area contributed by atoms with E-state index in [2.05, 4.69) is 21.2 Å².